The number of quaternary nitrogens is 1. The molecule has 0 bridgehead atoms. The van der Waals surface area contributed by atoms with Crippen molar-refractivity contribution in [3.8, 4) is 0 Å². The Labute approximate surface area is 107 Å². The van der Waals surface area contributed by atoms with Crippen LogP contribution >= 0.6 is 0 Å². The molecule has 0 aliphatic carbocycles. The molecule has 3 nitrogen and oxygen atoms in total. The Morgan fingerprint density at radius 2 is 1.82 bits per heavy atom. The number of unbranched alkanes of at least 4 members (excludes halogenated alkanes) is 1. The van der Waals surface area contributed by atoms with E-state index in [4.69, 9.17) is 9.47 Å². The van der Waals surface area contributed by atoms with Crippen LogP contribution in [-0.2, 0) is 9.47 Å². The Hall–Kier alpha value is -0.120. The number of hydrogen-bond donors (Lipinski definition) is 0. The van der Waals surface area contributed by atoms with Crippen LogP contribution in [0, 0.1) is 0 Å². The van der Waals surface area contributed by atoms with E-state index in [0.29, 0.717) is 0 Å². The topological polar surface area (TPSA) is 18.5 Å². The monoisotopic (exact) mass is 244 g/mol. The van der Waals surface area contributed by atoms with Gasteiger partial charge in [-0.25, -0.2) is 0 Å². The number of piperidine rings is 1. The number of ether oxygens (including phenoxy) is 2. The molecule has 1 saturated heterocycles. The van der Waals surface area contributed by atoms with E-state index in [0.717, 1.165) is 13.2 Å². The first-order chi connectivity index (χ1) is 8.26. The molecule has 0 aromatic rings. The first kappa shape index (κ1) is 14.9. The van der Waals surface area contributed by atoms with Gasteiger partial charge in [0.15, 0.2) is 0 Å². The molecule has 0 aromatic carbocycles. The molecule has 0 N–H and O–H groups in total. The zero-order valence-electron chi connectivity index (χ0n) is 11.9. The summed E-state index contributed by atoms with van der Waals surface area (Å²) >= 11 is 0. The van der Waals surface area contributed by atoms with E-state index in [1.165, 1.54) is 56.2 Å². The summed E-state index contributed by atoms with van der Waals surface area (Å²) in [6.45, 7) is 10.0. The fourth-order valence-corrected chi connectivity index (χ4v) is 2.87. The van der Waals surface area contributed by atoms with E-state index < -0.39 is 0 Å². The highest BCUT2D eigenvalue weighted by atomic mass is 16.7. The highest BCUT2D eigenvalue weighted by Gasteiger charge is 2.32. The van der Waals surface area contributed by atoms with Crippen molar-refractivity contribution in [1.82, 2.24) is 0 Å². The highest BCUT2D eigenvalue weighted by Crippen LogP contribution is 2.21. The Balaban J connectivity index is 2.54. The number of nitrogens with zero attached hydrogens (tertiary/aromatic N) is 1. The van der Waals surface area contributed by atoms with Crippen LogP contribution in [0.3, 0.4) is 0 Å². The lowest BCUT2D eigenvalue weighted by atomic mass is 10.1. The van der Waals surface area contributed by atoms with Crippen LogP contribution < -0.4 is 0 Å². The third-order valence-electron chi connectivity index (χ3n) is 3.90. The van der Waals surface area contributed by atoms with Crippen molar-refractivity contribution < 1.29 is 14.0 Å². The summed E-state index contributed by atoms with van der Waals surface area (Å²) in [6, 6.07) is 0. The van der Waals surface area contributed by atoms with Crippen molar-refractivity contribution in [2.24, 2.45) is 0 Å². The Morgan fingerprint density at radius 1 is 1.12 bits per heavy atom. The van der Waals surface area contributed by atoms with Crippen LogP contribution in [-0.4, -0.2) is 50.7 Å². The molecule has 17 heavy (non-hydrogen) atoms. The summed E-state index contributed by atoms with van der Waals surface area (Å²) in [6.07, 6.45) is 6.72. The van der Waals surface area contributed by atoms with Gasteiger partial charge in [0.2, 0.25) is 6.29 Å². The summed E-state index contributed by atoms with van der Waals surface area (Å²) in [5.41, 5.74) is 0. The molecule has 0 aromatic heterocycles. The minimum absolute atomic E-state index is 0.0186. The lowest BCUT2D eigenvalue weighted by Gasteiger charge is -2.43. The number of likely N-dealkylation sites (tertiary alicyclic amines) is 1. The van der Waals surface area contributed by atoms with E-state index in [2.05, 4.69) is 6.92 Å². The Bertz CT molecular complexity index is 191. The van der Waals surface area contributed by atoms with Gasteiger partial charge < -0.3 is 14.0 Å². The maximum atomic E-state index is 5.66. The predicted molar refractivity (Wildman–Crippen MR) is 70.9 cm³/mol. The highest BCUT2D eigenvalue weighted by molar-refractivity contribution is 4.57. The molecule has 102 valence electrons. The molecule has 1 fully saturated rings. The Morgan fingerprint density at radius 3 is 2.35 bits per heavy atom. The van der Waals surface area contributed by atoms with Gasteiger partial charge in [0.05, 0.1) is 19.6 Å². The van der Waals surface area contributed by atoms with Crippen LogP contribution in [0.1, 0.15) is 46.0 Å². The minimum atomic E-state index is -0.0186. The average Bonchev–Trinajstić information content (AvgIpc) is 2.37. The van der Waals surface area contributed by atoms with Gasteiger partial charge >= 0.3 is 0 Å². The van der Waals surface area contributed by atoms with Crippen LogP contribution in [0.25, 0.3) is 0 Å². The second-order valence-corrected chi connectivity index (χ2v) is 5.23. The van der Waals surface area contributed by atoms with Crippen molar-refractivity contribution >= 4 is 0 Å². The minimum Gasteiger partial charge on any atom is -0.351 e. The van der Waals surface area contributed by atoms with Crippen LogP contribution in [0.4, 0.5) is 0 Å². The van der Waals surface area contributed by atoms with Crippen molar-refractivity contribution in [2.75, 3.05) is 39.9 Å². The molecule has 1 aliphatic rings. The van der Waals surface area contributed by atoms with Crippen LogP contribution in [0.5, 0.6) is 0 Å². The summed E-state index contributed by atoms with van der Waals surface area (Å²) in [7, 11) is 1.76. The van der Waals surface area contributed by atoms with E-state index in [1.807, 2.05) is 6.92 Å². The molecule has 1 rings (SSSR count). The zero-order chi connectivity index (χ0) is 12.6. The molecular weight excluding hydrogens is 214 g/mol. The molecule has 1 heterocycles. The van der Waals surface area contributed by atoms with Crippen molar-refractivity contribution in [3.05, 3.63) is 0 Å². The van der Waals surface area contributed by atoms with Gasteiger partial charge in [-0.05, 0) is 32.6 Å². The predicted octanol–water partition coefficient (Wildman–Crippen LogP) is 2.80. The lowest BCUT2D eigenvalue weighted by molar-refractivity contribution is -0.937. The molecule has 1 unspecified atom stereocenters. The largest absolute Gasteiger partial charge is 0.351 e. The van der Waals surface area contributed by atoms with Gasteiger partial charge in [-0.2, -0.15) is 0 Å². The van der Waals surface area contributed by atoms with E-state index >= 15 is 0 Å². The van der Waals surface area contributed by atoms with Gasteiger partial charge in [0.1, 0.15) is 6.54 Å². The van der Waals surface area contributed by atoms with Gasteiger partial charge in [-0.1, -0.05) is 13.3 Å². The van der Waals surface area contributed by atoms with Gasteiger partial charge in [0, 0.05) is 13.7 Å². The van der Waals surface area contributed by atoms with Gasteiger partial charge in [0.25, 0.3) is 0 Å². The second kappa shape index (κ2) is 8.06. The fraction of sp³-hybridized carbons (Fsp3) is 1.00. The summed E-state index contributed by atoms with van der Waals surface area (Å²) in [5, 5.41) is 0. The van der Waals surface area contributed by atoms with Gasteiger partial charge in [-0.3, -0.25) is 0 Å². The number of methoxy groups -OCH3 is 1. The van der Waals surface area contributed by atoms with Crippen molar-refractivity contribution in [1.29, 1.82) is 0 Å². The van der Waals surface area contributed by atoms with Gasteiger partial charge in [-0.15, -0.1) is 0 Å². The zero-order valence-corrected chi connectivity index (χ0v) is 11.9. The normalized spacial score (nSPS) is 21.4. The summed E-state index contributed by atoms with van der Waals surface area (Å²) in [4.78, 5) is 0. The van der Waals surface area contributed by atoms with Crippen molar-refractivity contribution in [2.45, 2.75) is 52.2 Å². The lowest BCUT2D eigenvalue weighted by Crippen LogP contribution is -2.56. The van der Waals surface area contributed by atoms with E-state index in [-0.39, 0.29) is 6.29 Å². The molecular formula is C14H30NO2+. The van der Waals surface area contributed by atoms with E-state index in [9.17, 15) is 0 Å². The molecule has 0 spiro atoms. The van der Waals surface area contributed by atoms with Crippen LogP contribution in [0.2, 0.25) is 0 Å². The third kappa shape index (κ3) is 4.94. The first-order valence-electron chi connectivity index (χ1n) is 7.26. The van der Waals surface area contributed by atoms with Crippen LogP contribution in [0.15, 0.2) is 0 Å². The Kier molecular flexibility index (Phi) is 7.09. The average molecular weight is 244 g/mol. The summed E-state index contributed by atoms with van der Waals surface area (Å²) in [5.74, 6) is 0. The SMILES string of the molecule is CCCC[N+]1(CC(OC)OCC)CCCCC1. The smallest absolute Gasteiger partial charge is 0.207 e. The molecule has 0 saturated carbocycles. The standard InChI is InChI=1S/C14H30NO2/c1-4-6-10-15(11-8-7-9-12-15)13-14(16-3)17-5-2/h14H,4-13H2,1-3H3/q+1. The quantitative estimate of drug-likeness (QED) is 0.483. The summed E-state index contributed by atoms with van der Waals surface area (Å²) < 4.78 is 12.3. The van der Waals surface area contributed by atoms with E-state index in [1.54, 1.807) is 7.11 Å². The maximum Gasteiger partial charge on any atom is 0.207 e. The maximum absolute atomic E-state index is 5.66. The molecule has 0 amide bonds. The second-order valence-electron chi connectivity index (χ2n) is 5.23. The first-order valence-corrected chi connectivity index (χ1v) is 7.26. The molecule has 0 radical (unpaired) electrons. The number of hydrogen-bond acceptors (Lipinski definition) is 2. The molecule has 1 aliphatic heterocycles. The number of rotatable bonds is 8. The molecule has 1 atom stereocenters. The fourth-order valence-electron chi connectivity index (χ4n) is 2.87. The molecule has 3 heteroatoms. The van der Waals surface area contributed by atoms with Crippen molar-refractivity contribution in [3.63, 3.8) is 0 Å². The third-order valence-corrected chi connectivity index (χ3v) is 3.90.